The van der Waals surface area contributed by atoms with Crippen LogP contribution in [0.2, 0.25) is 0 Å². The number of hydrogen-bond donors (Lipinski definition) is 2. The molecule has 5 nitrogen and oxygen atoms in total. The zero-order chi connectivity index (χ0) is 13.3. The largest absolute Gasteiger partial charge is 0.466 e. The molecule has 0 heterocycles. The van der Waals surface area contributed by atoms with Gasteiger partial charge in [0.25, 0.3) is 0 Å². The normalized spacial score (nSPS) is 11.1. The molecular weight excluding hydrogens is 220 g/mol. The van der Waals surface area contributed by atoms with Crippen molar-refractivity contribution in [1.82, 2.24) is 10.6 Å². The molecule has 0 aliphatic carbocycles. The zero-order valence-electron chi connectivity index (χ0n) is 11.3. The van der Waals surface area contributed by atoms with E-state index in [1.165, 1.54) is 0 Å². The molecule has 0 spiro atoms. The van der Waals surface area contributed by atoms with E-state index in [2.05, 4.69) is 10.6 Å². The van der Waals surface area contributed by atoms with Crippen LogP contribution in [-0.4, -0.2) is 37.1 Å². The van der Waals surface area contributed by atoms with Gasteiger partial charge in [0.05, 0.1) is 13.2 Å². The Morgan fingerprint density at radius 2 is 1.88 bits per heavy atom. The van der Waals surface area contributed by atoms with Gasteiger partial charge < -0.3 is 15.4 Å². The molecule has 5 heteroatoms. The lowest BCUT2D eigenvalue weighted by Crippen LogP contribution is -2.45. The van der Waals surface area contributed by atoms with E-state index in [9.17, 15) is 9.59 Å². The minimum absolute atomic E-state index is 0.0337. The van der Waals surface area contributed by atoms with Gasteiger partial charge in [0.1, 0.15) is 0 Å². The maximum atomic E-state index is 11.4. The maximum absolute atomic E-state index is 11.4. The molecule has 0 saturated heterocycles. The standard InChI is InChI=1S/C12H24N2O3/c1-5-17-11(16)7-6-8-13-9-10(15)14-12(2,3)4/h13H,5-9H2,1-4H3,(H,14,15). The van der Waals surface area contributed by atoms with Gasteiger partial charge in [-0.25, -0.2) is 0 Å². The Morgan fingerprint density at radius 3 is 2.41 bits per heavy atom. The van der Waals surface area contributed by atoms with E-state index in [0.717, 1.165) is 0 Å². The fourth-order valence-corrected chi connectivity index (χ4v) is 1.26. The van der Waals surface area contributed by atoms with Crippen molar-refractivity contribution in [3.05, 3.63) is 0 Å². The van der Waals surface area contributed by atoms with E-state index in [4.69, 9.17) is 4.74 Å². The van der Waals surface area contributed by atoms with E-state index in [1.54, 1.807) is 6.92 Å². The van der Waals surface area contributed by atoms with Gasteiger partial charge in [-0.3, -0.25) is 9.59 Å². The second-order valence-electron chi connectivity index (χ2n) is 4.88. The molecule has 2 N–H and O–H groups in total. The highest BCUT2D eigenvalue weighted by atomic mass is 16.5. The van der Waals surface area contributed by atoms with Gasteiger partial charge in [0.2, 0.25) is 5.91 Å². The number of nitrogens with one attached hydrogen (secondary N) is 2. The summed E-state index contributed by atoms with van der Waals surface area (Å²) in [5, 5.41) is 5.83. The highest BCUT2D eigenvalue weighted by molar-refractivity contribution is 5.78. The van der Waals surface area contributed by atoms with Gasteiger partial charge in [-0.2, -0.15) is 0 Å². The molecule has 0 aromatic carbocycles. The summed E-state index contributed by atoms with van der Waals surface area (Å²) in [7, 11) is 0. The number of rotatable bonds is 7. The first kappa shape index (κ1) is 15.9. The second-order valence-corrected chi connectivity index (χ2v) is 4.88. The summed E-state index contributed by atoms with van der Waals surface area (Å²) in [5.74, 6) is -0.220. The molecule has 0 bridgehead atoms. The third-order valence-electron chi connectivity index (χ3n) is 1.84. The molecular formula is C12H24N2O3. The third kappa shape index (κ3) is 11.2. The van der Waals surface area contributed by atoms with Crippen LogP contribution in [0.3, 0.4) is 0 Å². The topological polar surface area (TPSA) is 67.4 Å². The first-order chi connectivity index (χ1) is 7.85. The fraction of sp³-hybridized carbons (Fsp3) is 0.833. The van der Waals surface area contributed by atoms with Crippen molar-refractivity contribution in [3.63, 3.8) is 0 Å². The summed E-state index contributed by atoms with van der Waals surface area (Å²) >= 11 is 0. The van der Waals surface area contributed by atoms with Crippen molar-refractivity contribution < 1.29 is 14.3 Å². The van der Waals surface area contributed by atoms with Gasteiger partial charge in [-0.05, 0) is 40.7 Å². The Kier molecular flexibility index (Phi) is 7.54. The average Bonchev–Trinajstić information content (AvgIpc) is 2.14. The van der Waals surface area contributed by atoms with Gasteiger partial charge in [0, 0.05) is 12.0 Å². The van der Waals surface area contributed by atoms with Crippen LogP contribution in [-0.2, 0) is 14.3 Å². The maximum Gasteiger partial charge on any atom is 0.305 e. The zero-order valence-corrected chi connectivity index (χ0v) is 11.3. The molecule has 0 aliphatic heterocycles. The SMILES string of the molecule is CCOC(=O)CCCNCC(=O)NC(C)(C)C. The summed E-state index contributed by atoms with van der Waals surface area (Å²) in [6, 6.07) is 0. The van der Waals surface area contributed by atoms with Crippen molar-refractivity contribution >= 4 is 11.9 Å². The summed E-state index contributed by atoms with van der Waals surface area (Å²) in [4.78, 5) is 22.4. The van der Waals surface area contributed by atoms with Crippen molar-refractivity contribution in [2.45, 2.75) is 46.1 Å². The monoisotopic (exact) mass is 244 g/mol. The van der Waals surface area contributed by atoms with E-state index in [-0.39, 0.29) is 24.0 Å². The minimum atomic E-state index is -0.205. The van der Waals surface area contributed by atoms with E-state index in [0.29, 0.717) is 26.0 Å². The Balaban J connectivity index is 3.46. The molecule has 17 heavy (non-hydrogen) atoms. The Labute approximate surface area is 103 Å². The molecule has 0 saturated carbocycles. The number of amides is 1. The van der Waals surface area contributed by atoms with Gasteiger partial charge in [0.15, 0.2) is 0 Å². The molecule has 0 aromatic heterocycles. The summed E-state index contributed by atoms with van der Waals surface area (Å²) < 4.78 is 4.79. The van der Waals surface area contributed by atoms with Gasteiger partial charge >= 0.3 is 5.97 Å². The van der Waals surface area contributed by atoms with Crippen LogP contribution >= 0.6 is 0 Å². The Bertz CT molecular complexity index is 247. The Morgan fingerprint density at radius 1 is 1.24 bits per heavy atom. The lowest BCUT2D eigenvalue weighted by atomic mass is 10.1. The minimum Gasteiger partial charge on any atom is -0.466 e. The number of ether oxygens (including phenoxy) is 1. The number of carbonyl (C=O) groups excluding carboxylic acids is 2. The quantitative estimate of drug-likeness (QED) is 0.514. The van der Waals surface area contributed by atoms with Crippen LogP contribution in [0.1, 0.15) is 40.5 Å². The molecule has 100 valence electrons. The first-order valence-corrected chi connectivity index (χ1v) is 6.02. The molecule has 0 aromatic rings. The van der Waals surface area contributed by atoms with Gasteiger partial charge in [-0.15, -0.1) is 0 Å². The molecule has 0 aliphatic rings. The number of hydrogen-bond acceptors (Lipinski definition) is 4. The van der Waals surface area contributed by atoms with Crippen LogP contribution in [0.15, 0.2) is 0 Å². The van der Waals surface area contributed by atoms with E-state index < -0.39 is 0 Å². The van der Waals surface area contributed by atoms with Crippen molar-refractivity contribution in [3.8, 4) is 0 Å². The Hall–Kier alpha value is -1.10. The molecule has 0 atom stereocenters. The van der Waals surface area contributed by atoms with Crippen LogP contribution in [0.4, 0.5) is 0 Å². The summed E-state index contributed by atoms with van der Waals surface area (Å²) in [6.07, 6.45) is 1.07. The highest BCUT2D eigenvalue weighted by Gasteiger charge is 2.12. The second kappa shape index (κ2) is 8.06. The smallest absolute Gasteiger partial charge is 0.305 e. The molecule has 0 fully saturated rings. The first-order valence-electron chi connectivity index (χ1n) is 6.02. The average molecular weight is 244 g/mol. The number of esters is 1. The third-order valence-corrected chi connectivity index (χ3v) is 1.84. The molecule has 1 amide bonds. The van der Waals surface area contributed by atoms with Gasteiger partial charge in [-0.1, -0.05) is 0 Å². The van der Waals surface area contributed by atoms with Crippen molar-refractivity contribution in [2.75, 3.05) is 19.7 Å². The van der Waals surface area contributed by atoms with Crippen LogP contribution in [0, 0.1) is 0 Å². The predicted molar refractivity (Wildman–Crippen MR) is 66.6 cm³/mol. The predicted octanol–water partition coefficient (Wildman–Crippen LogP) is 0.834. The fourth-order valence-electron chi connectivity index (χ4n) is 1.26. The highest BCUT2D eigenvalue weighted by Crippen LogP contribution is 1.97. The van der Waals surface area contributed by atoms with Crippen LogP contribution < -0.4 is 10.6 Å². The lowest BCUT2D eigenvalue weighted by molar-refractivity contribution is -0.143. The van der Waals surface area contributed by atoms with E-state index in [1.807, 2.05) is 20.8 Å². The van der Waals surface area contributed by atoms with Crippen LogP contribution in [0.5, 0.6) is 0 Å². The summed E-state index contributed by atoms with van der Waals surface area (Å²) in [6.45, 7) is 8.92. The summed E-state index contributed by atoms with van der Waals surface area (Å²) in [5.41, 5.74) is -0.205. The van der Waals surface area contributed by atoms with Crippen molar-refractivity contribution in [1.29, 1.82) is 0 Å². The molecule has 0 rings (SSSR count). The molecule has 0 unspecified atom stereocenters. The lowest BCUT2D eigenvalue weighted by Gasteiger charge is -2.20. The number of carbonyl (C=O) groups is 2. The molecule has 0 radical (unpaired) electrons. The van der Waals surface area contributed by atoms with Crippen molar-refractivity contribution in [2.24, 2.45) is 0 Å². The van der Waals surface area contributed by atoms with E-state index >= 15 is 0 Å². The van der Waals surface area contributed by atoms with Crippen LogP contribution in [0.25, 0.3) is 0 Å².